The summed E-state index contributed by atoms with van der Waals surface area (Å²) in [6, 6.07) is 0. The number of hydrogen-bond acceptors (Lipinski definition) is 4. The molecular weight excluding hydrogens is 254 g/mol. The van der Waals surface area contributed by atoms with Gasteiger partial charge in [-0.3, -0.25) is 4.90 Å². The van der Waals surface area contributed by atoms with Gasteiger partial charge in [0.1, 0.15) is 0 Å². The minimum Gasteiger partial charge on any atom is -0.319 e. The summed E-state index contributed by atoms with van der Waals surface area (Å²) in [5, 5.41) is 5.58. The van der Waals surface area contributed by atoms with Gasteiger partial charge in [0.05, 0.1) is 11.2 Å². The largest absolute Gasteiger partial charge is 0.319 e. The summed E-state index contributed by atoms with van der Waals surface area (Å²) in [4.78, 5) is 6.84. The molecule has 2 atom stereocenters. The highest BCUT2D eigenvalue weighted by molar-refractivity contribution is 7.07. The number of nitrogens with one attached hydrogen (secondary N) is 1. The normalized spacial score (nSPS) is 27.9. The van der Waals surface area contributed by atoms with Crippen LogP contribution in [0.15, 0.2) is 10.9 Å². The number of thiazole rings is 1. The van der Waals surface area contributed by atoms with E-state index in [4.69, 9.17) is 0 Å². The quantitative estimate of drug-likeness (QED) is 0.869. The Morgan fingerprint density at radius 3 is 3.05 bits per heavy atom. The Morgan fingerprint density at radius 2 is 2.42 bits per heavy atom. The van der Waals surface area contributed by atoms with Crippen molar-refractivity contribution in [3.63, 3.8) is 0 Å². The molecule has 0 amide bonds. The molecular formula is C15H27N3S. The predicted octanol–water partition coefficient (Wildman–Crippen LogP) is 2.99. The molecule has 1 aromatic heterocycles. The Morgan fingerprint density at radius 1 is 1.58 bits per heavy atom. The standard InChI is InChI=1S/C15H27N3S/c1-13-5-4-6-15(7-13,10-16-2)11-18(3)8-14-9-19-12-17-14/h9,12-13,16H,4-8,10-11H2,1-3H3. The molecule has 0 bridgehead atoms. The molecule has 3 nitrogen and oxygen atoms in total. The number of nitrogens with zero attached hydrogens (tertiary/aromatic N) is 2. The molecule has 0 saturated heterocycles. The smallest absolute Gasteiger partial charge is 0.0795 e. The molecule has 1 aliphatic rings. The summed E-state index contributed by atoms with van der Waals surface area (Å²) in [5.41, 5.74) is 3.59. The van der Waals surface area contributed by atoms with E-state index in [2.05, 4.69) is 41.6 Å². The van der Waals surface area contributed by atoms with E-state index in [1.54, 1.807) is 11.3 Å². The van der Waals surface area contributed by atoms with Crippen LogP contribution in [0.2, 0.25) is 0 Å². The van der Waals surface area contributed by atoms with Gasteiger partial charge in [-0.05, 0) is 38.3 Å². The van der Waals surface area contributed by atoms with Gasteiger partial charge in [-0.25, -0.2) is 4.98 Å². The van der Waals surface area contributed by atoms with Crippen molar-refractivity contribution < 1.29 is 0 Å². The van der Waals surface area contributed by atoms with Gasteiger partial charge in [-0.2, -0.15) is 0 Å². The summed E-state index contributed by atoms with van der Waals surface area (Å²) < 4.78 is 0. The summed E-state index contributed by atoms with van der Waals surface area (Å²) in [6.07, 6.45) is 5.50. The highest BCUT2D eigenvalue weighted by atomic mass is 32.1. The Balaban J connectivity index is 1.95. The van der Waals surface area contributed by atoms with E-state index in [-0.39, 0.29) is 0 Å². The van der Waals surface area contributed by atoms with Gasteiger partial charge in [-0.1, -0.05) is 19.8 Å². The molecule has 2 rings (SSSR count). The Kier molecular flexibility index (Phi) is 5.37. The second-order valence-corrected chi connectivity index (χ2v) is 7.10. The first-order chi connectivity index (χ1) is 9.13. The van der Waals surface area contributed by atoms with Gasteiger partial charge in [0.2, 0.25) is 0 Å². The number of hydrogen-bond donors (Lipinski definition) is 1. The third kappa shape index (κ3) is 4.26. The van der Waals surface area contributed by atoms with Crippen LogP contribution in [0.3, 0.4) is 0 Å². The Labute approximate surface area is 121 Å². The third-order valence-electron chi connectivity index (χ3n) is 4.26. The summed E-state index contributed by atoms with van der Waals surface area (Å²) >= 11 is 1.69. The zero-order valence-electron chi connectivity index (χ0n) is 12.5. The minimum absolute atomic E-state index is 0.456. The molecule has 0 radical (unpaired) electrons. The molecule has 108 valence electrons. The molecule has 2 unspecified atom stereocenters. The molecule has 1 aromatic rings. The van der Waals surface area contributed by atoms with Crippen molar-refractivity contribution in [3.8, 4) is 0 Å². The lowest BCUT2D eigenvalue weighted by Crippen LogP contribution is -2.44. The number of rotatable bonds is 6. The lowest BCUT2D eigenvalue weighted by Gasteiger charge is -2.42. The van der Waals surface area contributed by atoms with Crippen molar-refractivity contribution in [2.45, 2.75) is 39.2 Å². The minimum atomic E-state index is 0.456. The highest BCUT2D eigenvalue weighted by Crippen LogP contribution is 2.39. The lowest BCUT2D eigenvalue weighted by atomic mass is 9.69. The first-order valence-electron chi connectivity index (χ1n) is 7.34. The maximum atomic E-state index is 4.39. The van der Waals surface area contributed by atoms with Crippen LogP contribution in [0.25, 0.3) is 0 Å². The summed E-state index contributed by atoms with van der Waals surface area (Å²) in [7, 11) is 4.32. The van der Waals surface area contributed by atoms with E-state index >= 15 is 0 Å². The highest BCUT2D eigenvalue weighted by Gasteiger charge is 2.35. The molecule has 4 heteroatoms. The van der Waals surface area contributed by atoms with Crippen molar-refractivity contribution >= 4 is 11.3 Å². The van der Waals surface area contributed by atoms with Crippen LogP contribution >= 0.6 is 11.3 Å². The lowest BCUT2D eigenvalue weighted by molar-refractivity contribution is 0.0906. The van der Waals surface area contributed by atoms with Gasteiger partial charge in [0.15, 0.2) is 0 Å². The van der Waals surface area contributed by atoms with Crippen molar-refractivity contribution in [2.24, 2.45) is 11.3 Å². The molecule has 1 N–H and O–H groups in total. The van der Waals surface area contributed by atoms with Crippen LogP contribution in [-0.2, 0) is 6.54 Å². The van der Waals surface area contributed by atoms with Crippen LogP contribution in [0.4, 0.5) is 0 Å². The fourth-order valence-electron chi connectivity index (χ4n) is 3.72. The molecule has 1 heterocycles. The molecule has 1 aliphatic carbocycles. The molecule has 0 spiro atoms. The Hall–Kier alpha value is -0.450. The zero-order valence-corrected chi connectivity index (χ0v) is 13.3. The van der Waals surface area contributed by atoms with E-state index in [0.29, 0.717) is 5.41 Å². The van der Waals surface area contributed by atoms with Crippen LogP contribution in [0.1, 0.15) is 38.3 Å². The van der Waals surface area contributed by atoms with Crippen LogP contribution < -0.4 is 5.32 Å². The molecule has 0 aromatic carbocycles. The molecule has 19 heavy (non-hydrogen) atoms. The number of aromatic nitrogens is 1. The average Bonchev–Trinajstić information content (AvgIpc) is 2.81. The second kappa shape index (κ2) is 6.82. The van der Waals surface area contributed by atoms with E-state index in [1.165, 1.54) is 37.9 Å². The SMILES string of the molecule is CNCC1(CN(C)Cc2cscn2)CCCC(C)C1. The summed E-state index contributed by atoms with van der Waals surface area (Å²) in [6.45, 7) is 5.70. The van der Waals surface area contributed by atoms with Crippen LogP contribution in [-0.4, -0.2) is 37.1 Å². The maximum absolute atomic E-state index is 4.39. The average molecular weight is 281 g/mol. The zero-order chi connectivity index (χ0) is 13.7. The topological polar surface area (TPSA) is 28.2 Å². The maximum Gasteiger partial charge on any atom is 0.0795 e. The van der Waals surface area contributed by atoms with Crippen LogP contribution in [0.5, 0.6) is 0 Å². The molecule has 1 saturated carbocycles. The third-order valence-corrected chi connectivity index (χ3v) is 4.89. The van der Waals surface area contributed by atoms with Crippen molar-refractivity contribution in [3.05, 3.63) is 16.6 Å². The van der Waals surface area contributed by atoms with Gasteiger partial charge in [0.25, 0.3) is 0 Å². The van der Waals surface area contributed by atoms with E-state index in [9.17, 15) is 0 Å². The first-order valence-corrected chi connectivity index (χ1v) is 8.28. The van der Waals surface area contributed by atoms with Gasteiger partial charge >= 0.3 is 0 Å². The van der Waals surface area contributed by atoms with E-state index < -0.39 is 0 Å². The summed E-state index contributed by atoms with van der Waals surface area (Å²) in [5.74, 6) is 0.870. The first kappa shape index (κ1) is 14.9. The molecule has 1 fully saturated rings. The van der Waals surface area contributed by atoms with E-state index in [1.807, 2.05) is 5.51 Å². The Bertz CT molecular complexity index is 361. The van der Waals surface area contributed by atoms with Gasteiger partial charge in [-0.15, -0.1) is 11.3 Å². The fraction of sp³-hybridized carbons (Fsp3) is 0.800. The fourth-order valence-corrected chi connectivity index (χ4v) is 4.27. The van der Waals surface area contributed by atoms with Gasteiger partial charge in [0, 0.05) is 25.0 Å². The van der Waals surface area contributed by atoms with Gasteiger partial charge < -0.3 is 5.32 Å². The van der Waals surface area contributed by atoms with Crippen molar-refractivity contribution in [2.75, 3.05) is 27.2 Å². The predicted molar refractivity (Wildman–Crippen MR) is 82.4 cm³/mol. The monoisotopic (exact) mass is 281 g/mol. The van der Waals surface area contributed by atoms with Crippen LogP contribution in [0, 0.1) is 11.3 Å². The van der Waals surface area contributed by atoms with Crippen molar-refractivity contribution in [1.29, 1.82) is 0 Å². The second-order valence-electron chi connectivity index (χ2n) is 6.38. The van der Waals surface area contributed by atoms with Crippen molar-refractivity contribution in [1.82, 2.24) is 15.2 Å². The molecule has 0 aliphatic heterocycles. The van der Waals surface area contributed by atoms with E-state index in [0.717, 1.165) is 19.0 Å².